The number of rotatable bonds is 3. The van der Waals surface area contributed by atoms with Crippen LogP contribution in [-0.2, 0) is 11.2 Å². The van der Waals surface area contributed by atoms with Gasteiger partial charge in [-0.1, -0.05) is 6.07 Å². The van der Waals surface area contributed by atoms with Crippen LogP contribution in [0.25, 0.3) is 0 Å². The zero-order chi connectivity index (χ0) is 8.10. The summed E-state index contributed by atoms with van der Waals surface area (Å²) >= 11 is -0.957. The van der Waals surface area contributed by atoms with Crippen molar-refractivity contribution < 1.29 is 4.55 Å². The van der Waals surface area contributed by atoms with Crippen LogP contribution in [0.2, 0.25) is 0 Å². The van der Waals surface area contributed by atoms with Crippen LogP contribution in [-0.4, -0.2) is 15.3 Å². The molecule has 0 aliphatic carbocycles. The second kappa shape index (κ2) is 4.36. The largest absolute Gasteiger partial charge is 0.610 e. The van der Waals surface area contributed by atoms with Crippen molar-refractivity contribution in [3.63, 3.8) is 0 Å². The summed E-state index contributed by atoms with van der Waals surface area (Å²) in [6.07, 6.45) is 2.33. The third-order valence-electron chi connectivity index (χ3n) is 1.20. The van der Waals surface area contributed by atoms with Crippen LogP contribution in [0.15, 0.2) is 29.4 Å². The molecule has 0 aliphatic heterocycles. The molecule has 0 aliphatic rings. The number of nitrogens with zero attached hydrogens (tertiary/aromatic N) is 1. The van der Waals surface area contributed by atoms with Gasteiger partial charge in [-0.2, -0.15) is 0 Å². The molecule has 1 aromatic heterocycles. The van der Waals surface area contributed by atoms with E-state index in [0.717, 1.165) is 0 Å². The maximum absolute atomic E-state index is 11.3. The van der Waals surface area contributed by atoms with Gasteiger partial charge in [0.15, 0.2) is 0 Å². The van der Waals surface area contributed by atoms with Crippen LogP contribution in [0, 0.1) is 6.92 Å². The minimum Gasteiger partial charge on any atom is -0.610 e. The summed E-state index contributed by atoms with van der Waals surface area (Å²) in [6, 6.07) is 5.42. The Kier molecular flexibility index (Phi) is 3.39. The van der Waals surface area contributed by atoms with Gasteiger partial charge in [0.1, 0.15) is 5.75 Å². The first-order valence-electron chi connectivity index (χ1n) is 3.43. The SMILES string of the molecule is [CH2]CC[S+]([O-])c1ccccn1. The molecule has 1 rings (SSSR count). The normalized spacial score (nSPS) is 12.9. The molecule has 1 aromatic rings. The zero-order valence-corrected chi connectivity index (χ0v) is 7.01. The Morgan fingerprint density at radius 2 is 2.36 bits per heavy atom. The Morgan fingerprint density at radius 1 is 1.55 bits per heavy atom. The Labute approximate surface area is 69.8 Å². The van der Waals surface area contributed by atoms with E-state index >= 15 is 0 Å². The van der Waals surface area contributed by atoms with Crippen molar-refractivity contribution in [2.24, 2.45) is 0 Å². The standard InChI is InChI=1S/C8H10NOS/c1-2-7-11(10)8-5-3-4-6-9-8/h3-6H,1-2,7H2. The topological polar surface area (TPSA) is 36.0 Å². The van der Waals surface area contributed by atoms with Gasteiger partial charge in [0.2, 0.25) is 5.03 Å². The molecule has 0 spiro atoms. The molecule has 1 atom stereocenters. The lowest BCUT2D eigenvalue weighted by Crippen LogP contribution is -2.07. The Hall–Kier alpha value is -0.540. The molecule has 59 valence electrons. The highest BCUT2D eigenvalue weighted by Gasteiger charge is 2.08. The summed E-state index contributed by atoms with van der Waals surface area (Å²) in [5.41, 5.74) is 0. The van der Waals surface area contributed by atoms with Gasteiger partial charge in [0.05, 0.1) is 0 Å². The van der Waals surface area contributed by atoms with Crippen molar-refractivity contribution in [2.75, 3.05) is 5.75 Å². The summed E-state index contributed by atoms with van der Waals surface area (Å²) in [5, 5.41) is 0.649. The second-order valence-corrected chi connectivity index (χ2v) is 3.59. The minimum atomic E-state index is -0.957. The third-order valence-corrected chi connectivity index (χ3v) is 2.57. The van der Waals surface area contributed by atoms with Crippen LogP contribution in [0.4, 0.5) is 0 Å². The highest BCUT2D eigenvalue weighted by molar-refractivity contribution is 7.91. The van der Waals surface area contributed by atoms with E-state index in [1.807, 2.05) is 12.1 Å². The highest BCUT2D eigenvalue weighted by atomic mass is 32.2. The Bertz CT molecular complexity index is 203. The van der Waals surface area contributed by atoms with E-state index in [9.17, 15) is 4.55 Å². The van der Waals surface area contributed by atoms with Crippen molar-refractivity contribution in [3.05, 3.63) is 31.3 Å². The molecule has 11 heavy (non-hydrogen) atoms. The van der Waals surface area contributed by atoms with Crippen molar-refractivity contribution in [3.8, 4) is 0 Å². The maximum Gasteiger partial charge on any atom is 0.244 e. The fraction of sp³-hybridized carbons (Fsp3) is 0.250. The molecule has 0 N–H and O–H groups in total. The quantitative estimate of drug-likeness (QED) is 0.640. The monoisotopic (exact) mass is 168 g/mol. The molecule has 1 radical (unpaired) electrons. The second-order valence-electron chi connectivity index (χ2n) is 2.07. The van der Waals surface area contributed by atoms with Gasteiger partial charge in [-0.15, -0.1) is 0 Å². The van der Waals surface area contributed by atoms with Crippen LogP contribution in [0.3, 0.4) is 0 Å². The summed E-state index contributed by atoms with van der Waals surface area (Å²) in [6.45, 7) is 3.63. The molecule has 0 aromatic carbocycles. The molecule has 1 unspecified atom stereocenters. The maximum atomic E-state index is 11.3. The van der Waals surface area contributed by atoms with Gasteiger partial charge in [-0.05, 0) is 19.4 Å². The molecule has 0 saturated carbocycles. The van der Waals surface area contributed by atoms with E-state index in [-0.39, 0.29) is 0 Å². The Balaban J connectivity index is 2.61. The van der Waals surface area contributed by atoms with E-state index in [4.69, 9.17) is 0 Å². The average molecular weight is 168 g/mol. The summed E-state index contributed by atoms with van der Waals surface area (Å²) in [4.78, 5) is 3.97. The molecule has 1 heterocycles. The van der Waals surface area contributed by atoms with Crippen LogP contribution < -0.4 is 0 Å². The average Bonchev–Trinajstić information content (AvgIpc) is 2.07. The van der Waals surface area contributed by atoms with E-state index in [1.54, 1.807) is 12.3 Å². The van der Waals surface area contributed by atoms with E-state index in [0.29, 0.717) is 17.2 Å². The number of pyridine rings is 1. The molecule has 2 nitrogen and oxygen atoms in total. The molecule has 0 saturated heterocycles. The molecular formula is C8H10NOS. The lowest BCUT2D eigenvalue weighted by molar-refractivity contribution is 0.591. The van der Waals surface area contributed by atoms with Gasteiger partial charge < -0.3 is 4.55 Å². The van der Waals surface area contributed by atoms with Crippen molar-refractivity contribution in [2.45, 2.75) is 11.4 Å². The highest BCUT2D eigenvalue weighted by Crippen LogP contribution is 2.06. The number of hydrogen-bond acceptors (Lipinski definition) is 2. The van der Waals surface area contributed by atoms with E-state index in [2.05, 4.69) is 11.9 Å². The van der Waals surface area contributed by atoms with Crippen LogP contribution >= 0.6 is 0 Å². The van der Waals surface area contributed by atoms with E-state index < -0.39 is 11.2 Å². The molecule has 0 amide bonds. The lowest BCUT2D eigenvalue weighted by Gasteiger charge is -2.06. The van der Waals surface area contributed by atoms with E-state index in [1.165, 1.54) is 0 Å². The number of aromatic nitrogens is 1. The fourth-order valence-corrected chi connectivity index (χ4v) is 1.60. The minimum absolute atomic E-state index is 0.594. The van der Waals surface area contributed by atoms with Crippen molar-refractivity contribution >= 4 is 11.2 Å². The predicted octanol–water partition coefficient (Wildman–Crippen LogP) is 1.41. The van der Waals surface area contributed by atoms with Crippen molar-refractivity contribution in [1.82, 2.24) is 4.98 Å². The Morgan fingerprint density at radius 3 is 2.91 bits per heavy atom. The summed E-state index contributed by atoms with van der Waals surface area (Å²) in [7, 11) is 0. The lowest BCUT2D eigenvalue weighted by atomic mass is 10.5. The first-order chi connectivity index (χ1) is 5.34. The van der Waals surface area contributed by atoms with Gasteiger partial charge >= 0.3 is 0 Å². The molecule has 0 fully saturated rings. The smallest absolute Gasteiger partial charge is 0.244 e. The van der Waals surface area contributed by atoms with Crippen LogP contribution in [0.1, 0.15) is 6.42 Å². The van der Waals surface area contributed by atoms with Gasteiger partial charge in [-0.25, -0.2) is 4.98 Å². The zero-order valence-electron chi connectivity index (χ0n) is 6.19. The number of hydrogen-bond donors (Lipinski definition) is 0. The predicted molar refractivity (Wildman–Crippen MR) is 45.5 cm³/mol. The first kappa shape index (κ1) is 8.56. The molecule has 0 bridgehead atoms. The van der Waals surface area contributed by atoms with Crippen LogP contribution in [0.5, 0.6) is 0 Å². The summed E-state index contributed by atoms with van der Waals surface area (Å²) in [5.74, 6) is 0.594. The van der Waals surface area contributed by atoms with Crippen molar-refractivity contribution in [1.29, 1.82) is 0 Å². The van der Waals surface area contributed by atoms with Gasteiger partial charge in [-0.3, -0.25) is 0 Å². The molecule has 3 heteroatoms. The summed E-state index contributed by atoms with van der Waals surface area (Å²) < 4.78 is 11.3. The van der Waals surface area contributed by atoms with Gasteiger partial charge in [0.25, 0.3) is 0 Å². The third kappa shape index (κ3) is 2.52. The first-order valence-corrected chi connectivity index (χ1v) is 4.75. The fourth-order valence-electron chi connectivity index (χ4n) is 0.717. The van der Waals surface area contributed by atoms with Gasteiger partial charge in [0, 0.05) is 23.4 Å². The molecular weight excluding hydrogens is 158 g/mol.